The van der Waals surface area contributed by atoms with Crippen LogP contribution in [0.1, 0.15) is 37.7 Å². The van der Waals surface area contributed by atoms with E-state index < -0.39 is 23.2 Å². The van der Waals surface area contributed by atoms with Crippen LogP contribution < -0.4 is 0 Å². The van der Waals surface area contributed by atoms with Crippen LogP contribution in [0.5, 0.6) is 0 Å². The first-order valence-electron chi connectivity index (χ1n) is 9.25. The SMILES string of the molecule is O=C(c1ccccc1C(F)(F)F)N1CCc2[nH]nc(C(=O)N3CCOCC3)c2C1. The lowest BCUT2D eigenvalue weighted by molar-refractivity contribution is -0.138. The molecular formula is C19H19F3N4O3. The maximum absolute atomic E-state index is 13.3. The number of aromatic nitrogens is 2. The van der Waals surface area contributed by atoms with Gasteiger partial charge >= 0.3 is 6.18 Å². The van der Waals surface area contributed by atoms with E-state index in [1.807, 2.05) is 0 Å². The summed E-state index contributed by atoms with van der Waals surface area (Å²) in [7, 11) is 0. The number of rotatable bonds is 2. The average Bonchev–Trinajstić information content (AvgIpc) is 3.16. The van der Waals surface area contributed by atoms with Crippen molar-refractivity contribution in [1.29, 1.82) is 0 Å². The van der Waals surface area contributed by atoms with Gasteiger partial charge in [-0.2, -0.15) is 18.3 Å². The molecule has 1 fully saturated rings. The molecule has 0 bridgehead atoms. The van der Waals surface area contributed by atoms with E-state index in [0.717, 1.165) is 11.8 Å². The van der Waals surface area contributed by atoms with Crippen LogP contribution in [-0.2, 0) is 23.9 Å². The molecule has 3 heterocycles. The minimum atomic E-state index is -4.62. The first-order chi connectivity index (χ1) is 13.9. The molecule has 1 saturated heterocycles. The van der Waals surface area contributed by atoms with Crippen LogP contribution in [0.4, 0.5) is 13.2 Å². The minimum Gasteiger partial charge on any atom is -0.378 e. The van der Waals surface area contributed by atoms with Crippen LogP contribution in [0.15, 0.2) is 24.3 Å². The monoisotopic (exact) mass is 408 g/mol. The molecule has 0 unspecified atom stereocenters. The fraction of sp³-hybridized carbons (Fsp3) is 0.421. The summed E-state index contributed by atoms with van der Waals surface area (Å²) in [6.07, 6.45) is -4.24. The van der Waals surface area contributed by atoms with Gasteiger partial charge in [-0.05, 0) is 12.1 Å². The van der Waals surface area contributed by atoms with E-state index in [4.69, 9.17) is 4.74 Å². The molecule has 0 radical (unpaired) electrons. The lowest BCUT2D eigenvalue weighted by atomic mass is 10.0. The molecule has 0 spiro atoms. The van der Waals surface area contributed by atoms with Gasteiger partial charge in [0.25, 0.3) is 11.8 Å². The Balaban J connectivity index is 1.59. The number of aromatic amines is 1. The van der Waals surface area contributed by atoms with Gasteiger partial charge in [0.1, 0.15) is 0 Å². The number of amides is 2. The molecule has 154 valence electrons. The van der Waals surface area contributed by atoms with Gasteiger partial charge in [-0.25, -0.2) is 0 Å². The van der Waals surface area contributed by atoms with Gasteiger partial charge in [-0.3, -0.25) is 14.7 Å². The molecule has 2 aliphatic heterocycles. The topological polar surface area (TPSA) is 78.5 Å². The lowest BCUT2D eigenvalue weighted by Gasteiger charge is -2.29. The second-order valence-electron chi connectivity index (χ2n) is 6.95. The first kappa shape index (κ1) is 19.4. The quantitative estimate of drug-likeness (QED) is 0.826. The number of benzene rings is 1. The molecule has 1 aromatic carbocycles. The number of hydrogen-bond donors (Lipinski definition) is 1. The predicted molar refractivity (Wildman–Crippen MR) is 95.2 cm³/mol. The van der Waals surface area contributed by atoms with E-state index in [1.54, 1.807) is 4.90 Å². The van der Waals surface area contributed by atoms with Gasteiger partial charge in [0.2, 0.25) is 0 Å². The largest absolute Gasteiger partial charge is 0.417 e. The van der Waals surface area contributed by atoms with Crippen molar-refractivity contribution in [2.24, 2.45) is 0 Å². The highest BCUT2D eigenvalue weighted by Gasteiger charge is 2.37. The number of nitrogens with zero attached hydrogens (tertiary/aromatic N) is 3. The van der Waals surface area contributed by atoms with E-state index >= 15 is 0 Å². The highest BCUT2D eigenvalue weighted by Crippen LogP contribution is 2.33. The summed E-state index contributed by atoms with van der Waals surface area (Å²) >= 11 is 0. The Bertz CT molecular complexity index is 935. The number of halogens is 3. The maximum atomic E-state index is 13.3. The Labute approximate surface area is 164 Å². The second kappa shape index (κ2) is 7.51. The molecular weight excluding hydrogens is 389 g/mol. The van der Waals surface area contributed by atoms with Gasteiger partial charge in [-0.15, -0.1) is 0 Å². The molecule has 4 rings (SSSR count). The highest BCUT2D eigenvalue weighted by atomic mass is 19.4. The van der Waals surface area contributed by atoms with Crippen molar-refractivity contribution in [3.05, 3.63) is 52.3 Å². The molecule has 1 N–H and O–H groups in total. The summed E-state index contributed by atoms with van der Waals surface area (Å²) in [6.45, 7) is 2.05. The number of nitrogens with one attached hydrogen (secondary N) is 1. The van der Waals surface area contributed by atoms with Crippen molar-refractivity contribution in [3.8, 4) is 0 Å². The normalized spacial score (nSPS) is 17.2. The fourth-order valence-electron chi connectivity index (χ4n) is 3.65. The molecule has 0 aliphatic carbocycles. The van der Waals surface area contributed by atoms with E-state index in [2.05, 4.69) is 10.2 Å². The third-order valence-corrected chi connectivity index (χ3v) is 5.18. The Morgan fingerprint density at radius 3 is 2.48 bits per heavy atom. The van der Waals surface area contributed by atoms with Crippen molar-refractivity contribution in [2.75, 3.05) is 32.8 Å². The maximum Gasteiger partial charge on any atom is 0.417 e. The van der Waals surface area contributed by atoms with Crippen molar-refractivity contribution in [2.45, 2.75) is 19.1 Å². The Morgan fingerprint density at radius 1 is 1.03 bits per heavy atom. The third-order valence-electron chi connectivity index (χ3n) is 5.18. The molecule has 2 aromatic rings. The lowest BCUT2D eigenvalue weighted by Crippen LogP contribution is -2.42. The summed E-state index contributed by atoms with van der Waals surface area (Å²) in [6, 6.07) is 4.73. The van der Waals surface area contributed by atoms with Crippen molar-refractivity contribution >= 4 is 11.8 Å². The number of hydrogen-bond acceptors (Lipinski definition) is 4. The highest BCUT2D eigenvalue weighted by molar-refractivity contribution is 5.97. The van der Waals surface area contributed by atoms with Crippen LogP contribution in [0, 0.1) is 0 Å². The van der Waals surface area contributed by atoms with E-state index in [-0.39, 0.29) is 24.7 Å². The number of alkyl halides is 3. The number of H-pyrrole nitrogens is 1. The smallest absolute Gasteiger partial charge is 0.378 e. The predicted octanol–water partition coefficient (Wildman–Crippen LogP) is 2.10. The van der Waals surface area contributed by atoms with Gasteiger partial charge in [-0.1, -0.05) is 12.1 Å². The molecule has 29 heavy (non-hydrogen) atoms. The zero-order chi connectivity index (χ0) is 20.6. The zero-order valence-electron chi connectivity index (χ0n) is 15.5. The second-order valence-corrected chi connectivity index (χ2v) is 6.95. The van der Waals surface area contributed by atoms with Gasteiger partial charge < -0.3 is 14.5 Å². The summed E-state index contributed by atoms with van der Waals surface area (Å²) in [5, 5.41) is 6.96. The number of carbonyl (C=O) groups is 2. The Morgan fingerprint density at radius 2 is 1.76 bits per heavy atom. The standard InChI is InChI=1S/C19H19F3N4O3/c20-19(21,22)14-4-2-1-3-12(14)17(27)26-6-5-15-13(11-26)16(24-23-15)18(28)25-7-9-29-10-8-25/h1-4H,5-11H2,(H,23,24). The third kappa shape index (κ3) is 3.71. The Kier molecular flexibility index (Phi) is 5.03. The minimum absolute atomic E-state index is 0.0300. The molecule has 1 aromatic heterocycles. The van der Waals surface area contributed by atoms with E-state index in [1.165, 1.54) is 23.1 Å². The molecule has 10 heteroatoms. The number of fused-ring (bicyclic) bond motifs is 1. The van der Waals surface area contributed by atoms with Crippen molar-refractivity contribution in [3.63, 3.8) is 0 Å². The van der Waals surface area contributed by atoms with E-state index in [9.17, 15) is 22.8 Å². The zero-order valence-corrected chi connectivity index (χ0v) is 15.5. The number of morpholine rings is 1. The van der Waals surface area contributed by atoms with Gasteiger partial charge in [0.05, 0.1) is 30.9 Å². The molecule has 0 atom stereocenters. The number of ether oxygens (including phenoxy) is 1. The first-order valence-corrected chi connectivity index (χ1v) is 9.25. The molecule has 2 aliphatic rings. The van der Waals surface area contributed by atoms with Crippen LogP contribution in [-0.4, -0.2) is 64.7 Å². The average molecular weight is 408 g/mol. The Hall–Kier alpha value is -2.88. The van der Waals surface area contributed by atoms with Crippen molar-refractivity contribution in [1.82, 2.24) is 20.0 Å². The summed E-state index contributed by atoms with van der Waals surface area (Å²) in [4.78, 5) is 28.6. The van der Waals surface area contributed by atoms with Crippen LogP contribution in [0.25, 0.3) is 0 Å². The van der Waals surface area contributed by atoms with Crippen LogP contribution in [0.2, 0.25) is 0 Å². The fourth-order valence-corrected chi connectivity index (χ4v) is 3.65. The summed E-state index contributed by atoms with van der Waals surface area (Å²) in [5.74, 6) is -0.981. The molecule has 0 saturated carbocycles. The van der Waals surface area contributed by atoms with Gasteiger partial charge in [0, 0.05) is 37.3 Å². The van der Waals surface area contributed by atoms with Gasteiger partial charge in [0.15, 0.2) is 5.69 Å². The summed E-state index contributed by atoms with van der Waals surface area (Å²) < 4.78 is 45.1. The van der Waals surface area contributed by atoms with Crippen LogP contribution in [0.3, 0.4) is 0 Å². The van der Waals surface area contributed by atoms with E-state index in [0.29, 0.717) is 38.3 Å². The molecule has 2 amide bonds. The summed E-state index contributed by atoms with van der Waals surface area (Å²) in [5.41, 5.74) is 0.143. The number of carbonyl (C=O) groups excluding carboxylic acids is 2. The van der Waals surface area contributed by atoms with Crippen LogP contribution >= 0.6 is 0 Å². The van der Waals surface area contributed by atoms with Crippen molar-refractivity contribution < 1.29 is 27.5 Å². The molecule has 7 nitrogen and oxygen atoms in total.